The molecular weight excluding hydrogens is 358 g/mol. The summed E-state index contributed by atoms with van der Waals surface area (Å²) in [5, 5.41) is -0.184. The molecule has 0 N–H and O–H groups in total. The maximum absolute atomic E-state index is 13.3. The molecule has 1 aliphatic rings. The molecule has 2 aromatic carbocycles. The summed E-state index contributed by atoms with van der Waals surface area (Å²) in [6.45, 7) is 3.92. The quantitative estimate of drug-likeness (QED) is 0.699. The lowest BCUT2D eigenvalue weighted by Crippen LogP contribution is -2.33. The zero-order valence-corrected chi connectivity index (χ0v) is 16.4. The first-order chi connectivity index (χ1) is 13.0. The Morgan fingerprint density at radius 3 is 2.30 bits per heavy atom. The first kappa shape index (κ1) is 17.7. The molecule has 138 valence electrons. The highest BCUT2D eigenvalue weighted by Crippen LogP contribution is 2.41. The summed E-state index contributed by atoms with van der Waals surface area (Å²) in [4.78, 5) is 27.7. The van der Waals surface area contributed by atoms with E-state index in [4.69, 9.17) is 0 Å². The van der Waals surface area contributed by atoms with E-state index in [0.717, 1.165) is 16.9 Å². The van der Waals surface area contributed by atoms with Crippen LogP contribution in [-0.2, 0) is 11.8 Å². The Balaban J connectivity index is 1.86. The Labute approximate surface area is 162 Å². The second kappa shape index (κ2) is 6.78. The predicted octanol–water partition coefficient (Wildman–Crippen LogP) is 3.57. The van der Waals surface area contributed by atoms with Gasteiger partial charge in [-0.1, -0.05) is 48.0 Å². The largest absolute Gasteiger partial charge is 0.295 e. The Morgan fingerprint density at radius 2 is 1.63 bits per heavy atom. The van der Waals surface area contributed by atoms with E-state index in [0.29, 0.717) is 11.4 Å². The Bertz CT molecular complexity index is 1050. The summed E-state index contributed by atoms with van der Waals surface area (Å²) < 4.78 is 3.43. The Morgan fingerprint density at radius 1 is 0.963 bits per heavy atom. The fraction of sp³-hybridized carbons (Fsp3) is 0.238. The van der Waals surface area contributed by atoms with E-state index >= 15 is 0 Å². The van der Waals surface area contributed by atoms with Crippen molar-refractivity contribution in [3.8, 4) is 5.69 Å². The third-order valence-electron chi connectivity index (χ3n) is 5.00. The van der Waals surface area contributed by atoms with Gasteiger partial charge in [0.2, 0.25) is 5.91 Å². The smallest absolute Gasteiger partial charge is 0.288 e. The summed E-state index contributed by atoms with van der Waals surface area (Å²) in [5.74, 6) is 0.342. The summed E-state index contributed by atoms with van der Waals surface area (Å²) in [6.07, 6.45) is 0. The molecule has 5 nitrogen and oxygen atoms in total. The molecule has 0 radical (unpaired) electrons. The molecule has 27 heavy (non-hydrogen) atoms. The number of carbonyl (C=O) groups is 1. The fourth-order valence-electron chi connectivity index (χ4n) is 3.48. The molecule has 1 aromatic heterocycles. The zero-order valence-electron chi connectivity index (χ0n) is 15.5. The number of thioether (sulfide) groups is 1. The van der Waals surface area contributed by atoms with Gasteiger partial charge in [0.15, 0.2) is 0 Å². The molecule has 2 heterocycles. The van der Waals surface area contributed by atoms with Crippen LogP contribution in [0.5, 0.6) is 0 Å². The van der Waals surface area contributed by atoms with Crippen LogP contribution in [0.3, 0.4) is 0 Å². The van der Waals surface area contributed by atoms with Gasteiger partial charge in [-0.25, -0.2) is 4.68 Å². The minimum Gasteiger partial charge on any atom is -0.288 e. The third kappa shape index (κ3) is 2.90. The maximum atomic E-state index is 13.3. The molecule has 0 aliphatic carbocycles. The number of aromatic nitrogens is 2. The van der Waals surface area contributed by atoms with Crippen LogP contribution in [0.1, 0.15) is 22.2 Å². The number of carbonyl (C=O) groups excluding carboxylic acids is 1. The number of hydrogen-bond acceptors (Lipinski definition) is 3. The highest BCUT2D eigenvalue weighted by Gasteiger charge is 2.38. The minimum atomic E-state index is -0.184. The number of hydrogen-bond donors (Lipinski definition) is 0. The van der Waals surface area contributed by atoms with Gasteiger partial charge in [-0.2, -0.15) is 0 Å². The minimum absolute atomic E-state index is 0.0309. The lowest BCUT2D eigenvalue weighted by molar-refractivity contribution is -0.115. The number of aryl methyl sites for hydroxylation is 1. The third-order valence-corrected chi connectivity index (χ3v) is 6.21. The van der Waals surface area contributed by atoms with E-state index in [2.05, 4.69) is 0 Å². The van der Waals surface area contributed by atoms with Crippen molar-refractivity contribution in [1.82, 2.24) is 9.36 Å². The van der Waals surface area contributed by atoms with Crippen molar-refractivity contribution in [1.29, 1.82) is 0 Å². The summed E-state index contributed by atoms with van der Waals surface area (Å²) in [5.41, 5.74) is 4.05. The molecule has 0 bridgehead atoms. The number of nitrogens with zero attached hydrogens (tertiary/aromatic N) is 3. The molecule has 1 amide bonds. The molecular formula is C21H21N3O2S. The molecule has 0 saturated carbocycles. The van der Waals surface area contributed by atoms with Gasteiger partial charge in [-0.05, 0) is 31.5 Å². The first-order valence-corrected chi connectivity index (χ1v) is 9.88. The lowest BCUT2D eigenvalue weighted by Gasteiger charge is -2.23. The molecule has 1 saturated heterocycles. The van der Waals surface area contributed by atoms with E-state index in [-0.39, 0.29) is 16.8 Å². The van der Waals surface area contributed by atoms with Gasteiger partial charge in [0.1, 0.15) is 11.1 Å². The van der Waals surface area contributed by atoms with Gasteiger partial charge in [0.05, 0.1) is 17.1 Å². The second-order valence-corrected chi connectivity index (χ2v) is 7.82. The molecule has 3 aromatic rings. The van der Waals surface area contributed by atoms with Crippen molar-refractivity contribution in [3.05, 3.63) is 81.8 Å². The van der Waals surface area contributed by atoms with Crippen LogP contribution in [0.15, 0.2) is 59.4 Å². The Hall–Kier alpha value is -2.73. The van der Waals surface area contributed by atoms with Crippen molar-refractivity contribution in [3.63, 3.8) is 0 Å². The lowest BCUT2D eigenvalue weighted by atomic mass is 10.1. The SMILES string of the molecule is Cc1ccc([C@@H]2SCC(=O)N2c2c(C)n(C)n(-c3ccccc3)c2=O)cc1. The summed E-state index contributed by atoms with van der Waals surface area (Å²) in [7, 11) is 1.85. The van der Waals surface area contributed by atoms with Gasteiger partial charge in [-0.15, -0.1) is 11.8 Å². The predicted molar refractivity (Wildman–Crippen MR) is 110 cm³/mol. The van der Waals surface area contributed by atoms with E-state index in [1.807, 2.05) is 80.2 Å². The van der Waals surface area contributed by atoms with Crippen LogP contribution >= 0.6 is 11.8 Å². The number of amides is 1. The summed E-state index contributed by atoms with van der Waals surface area (Å²) >= 11 is 1.56. The molecule has 0 spiro atoms. The zero-order chi connectivity index (χ0) is 19.1. The maximum Gasteiger partial charge on any atom is 0.295 e. The van der Waals surface area contributed by atoms with Crippen LogP contribution in [0.25, 0.3) is 5.69 Å². The molecule has 1 atom stereocenters. The second-order valence-electron chi connectivity index (χ2n) is 6.75. The van der Waals surface area contributed by atoms with Gasteiger partial charge in [0, 0.05) is 7.05 Å². The van der Waals surface area contributed by atoms with Gasteiger partial charge in [0.25, 0.3) is 5.56 Å². The topological polar surface area (TPSA) is 47.2 Å². The number of anilines is 1. The monoisotopic (exact) mass is 379 g/mol. The van der Waals surface area contributed by atoms with E-state index in [1.165, 1.54) is 5.56 Å². The number of para-hydroxylation sites is 1. The highest BCUT2D eigenvalue weighted by atomic mass is 32.2. The molecule has 0 unspecified atom stereocenters. The fourth-order valence-corrected chi connectivity index (χ4v) is 4.64. The van der Waals surface area contributed by atoms with Crippen molar-refractivity contribution in [2.75, 3.05) is 10.7 Å². The van der Waals surface area contributed by atoms with E-state index in [9.17, 15) is 9.59 Å². The van der Waals surface area contributed by atoms with Crippen LogP contribution in [0, 0.1) is 13.8 Å². The normalized spacial score (nSPS) is 16.9. The van der Waals surface area contributed by atoms with Gasteiger partial charge < -0.3 is 0 Å². The first-order valence-electron chi connectivity index (χ1n) is 8.83. The van der Waals surface area contributed by atoms with Crippen LogP contribution in [-0.4, -0.2) is 21.0 Å². The van der Waals surface area contributed by atoms with Crippen LogP contribution in [0.4, 0.5) is 5.69 Å². The molecule has 1 aliphatic heterocycles. The van der Waals surface area contributed by atoms with E-state index in [1.54, 1.807) is 21.3 Å². The number of benzene rings is 2. The molecule has 4 rings (SSSR count). The molecule has 6 heteroatoms. The number of rotatable bonds is 3. The average molecular weight is 379 g/mol. The van der Waals surface area contributed by atoms with Crippen molar-refractivity contribution in [2.45, 2.75) is 19.2 Å². The highest BCUT2D eigenvalue weighted by molar-refractivity contribution is 8.00. The van der Waals surface area contributed by atoms with Gasteiger partial charge in [-0.3, -0.25) is 19.2 Å². The van der Waals surface area contributed by atoms with Gasteiger partial charge >= 0.3 is 0 Å². The Kier molecular flexibility index (Phi) is 4.44. The van der Waals surface area contributed by atoms with Crippen LogP contribution in [0.2, 0.25) is 0 Å². The van der Waals surface area contributed by atoms with Crippen molar-refractivity contribution < 1.29 is 4.79 Å². The van der Waals surface area contributed by atoms with Crippen LogP contribution < -0.4 is 10.5 Å². The molecule has 1 fully saturated rings. The standard InChI is InChI=1S/C21H21N3O2S/c1-14-9-11-16(12-10-14)21-23(18(25)13-27-21)19-15(2)22(3)24(20(19)26)17-7-5-4-6-8-17/h4-12,21H,13H2,1-3H3/t21-/m0/s1. The summed E-state index contributed by atoms with van der Waals surface area (Å²) in [6, 6.07) is 17.6. The van der Waals surface area contributed by atoms with Crippen molar-refractivity contribution in [2.24, 2.45) is 7.05 Å². The van der Waals surface area contributed by atoms with E-state index < -0.39 is 0 Å². The average Bonchev–Trinajstić information content (AvgIpc) is 3.14. The van der Waals surface area contributed by atoms with Crippen molar-refractivity contribution >= 4 is 23.4 Å².